The molecule has 0 heteroatoms. The summed E-state index contributed by atoms with van der Waals surface area (Å²) < 4.78 is 0. The van der Waals surface area contributed by atoms with Crippen molar-refractivity contribution in [2.45, 2.75) is 34.1 Å². The van der Waals surface area contributed by atoms with E-state index in [4.69, 9.17) is 0 Å². The van der Waals surface area contributed by atoms with Crippen molar-refractivity contribution >= 4 is 6.08 Å². The van der Waals surface area contributed by atoms with E-state index in [1.54, 1.807) is 5.57 Å². The zero-order valence-corrected chi connectivity index (χ0v) is 13.0. The summed E-state index contributed by atoms with van der Waals surface area (Å²) in [5, 5.41) is 0. The molecule has 1 aromatic carbocycles. The highest BCUT2D eigenvalue weighted by Gasteiger charge is 2.27. The lowest BCUT2D eigenvalue weighted by Gasteiger charge is -2.18. The molecular weight excluding hydrogens is 240 g/mol. The minimum absolute atomic E-state index is 0.591. The summed E-state index contributed by atoms with van der Waals surface area (Å²) in [4.78, 5) is 0. The van der Waals surface area contributed by atoms with E-state index in [2.05, 4.69) is 70.2 Å². The topological polar surface area (TPSA) is 0 Å². The first-order valence-electron chi connectivity index (χ1n) is 7.78. The summed E-state index contributed by atoms with van der Waals surface area (Å²) >= 11 is 0. The third-order valence-electron chi connectivity index (χ3n) is 4.57. The minimum Gasteiger partial charge on any atom is -0.0733 e. The van der Waals surface area contributed by atoms with Crippen LogP contribution in [0.1, 0.15) is 38.8 Å². The van der Waals surface area contributed by atoms with Crippen LogP contribution in [-0.2, 0) is 6.42 Å². The average Bonchev–Trinajstić information content (AvgIpc) is 3.02. The van der Waals surface area contributed by atoms with Gasteiger partial charge in [0.2, 0.25) is 0 Å². The fourth-order valence-corrected chi connectivity index (χ4v) is 3.30. The Kier molecular flexibility index (Phi) is 3.41. The Bertz CT molecular complexity index is 609. The maximum atomic E-state index is 2.49. The van der Waals surface area contributed by atoms with Gasteiger partial charge in [-0.3, -0.25) is 0 Å². The van der Waals surface area contributed by atoms with Gasteiger partial charge in [-0.15, -0.1) is 0 Å². The quantitative estimate of drug-likeness (QED) is 0.683. The van der Waals surface area contributed by atoms with Gasteiger partial charge in [-0.2, -0.15) is 0 Å². The van der Waals surface area contributed by atoms with Gasteiger partial charge >= 0.3 is 0 Å². The first-order chi connectivity index (χ1) is 9.56. The molecule has 0 aromatic heterocycles. The van der Waals surface area contributed by atoms with Gasteiger partial charge in [0.15, 0.2) is 0 Å². The van der Waals surface area contributed by atoms with Crippen molar-refractivity contribution in [1.29, 1.82) is 0 Å². The Morgan fingerprint density at radius 3 is 2.40 bits per heavy atom. The first-order valence-corrected chi connectivity index (χ1v) is 7.78. The lowest BCUT2D eigenvalue weighted by atomic mass is 9.86. The third-order valence-corrected chi connectivity index (χ3v) is 4.57. The van der Waals surface area contributed by atoms with Crippen LogP contribution in [0.2, 0.25) is 0 Å². The smallest absolute Gasteiger partial charge is 0.00498 e. The highest BCUT2D eigenvalue weighted by atomic mass is 14.3. The highest BCUT2D eigenvalue weighted by Crippen LogP contribution is 2.41. The Morgan fingerprint density at radius 1 is 1.00 bits per heavy atom. The zero-order valence-electron chi connectivity index (χ0n) is 13.0. The number of hydrogen-bond acceptors (Lipinski definition) is 0. The van der Waals surface area contributed by atoms with Gasteiger partial charge in [-0.05, 0) is 46.1 Å². The van der Waals surface area contributed by atoms with Crippen LogP contribution in [-0.4, -0.2) is 0 Å². The van der Waals surface area contributed by atoms with Crippen LogP contribution in [0.4, 0.5) is 0 Å². The number of rotatable bonds is 3. The summed E-state index contributed by atoms with van der Waals surface area (Å²) in [6.45, 7) is 9.25. The van der Waals surface area contributed by atoms with E-state index in [-0.39, 0.29) is 0 Å². The molecule has 0 N–H and O–H groups in total. The van der Waals surface area contributed by atoms with Crippen molar-refractivity contribution in [2.24, 2.45) is 17.8 Å². The Hall–Kier alpha value is -1.56. The van der Waals surface area contributed by atoms with E-state index in [0.717, 1.165) is 6.42 Å². The van der Waals surface area contributed by atoms with Crippen molar-refractivity contribution in [3.63, 3.8) is 0 Å². The molecule has 2 aliphatic carbocycles. The Balaban J connectivity index is 1.94. The Labute approximate surface area is 122 Å². The lowest BCUT2D eigenvalue weighted by molar-refractivity contribution is 0.533. The summed E-state index contributed by atoms with van der Waals surface area (Å²) in [6.07, 6.45) is 8.44. The van der Waals surface area contributed by atoms with E-state index in [0.29, 0.717) is 17.8 Å². The van der Waals surface area contributed by atoms with Gasteiger partial charge < -0.3 is 0 Å². The van der Waals surface area contributed by atoms with Gasteiger partial charge in [-0.1, -0.05) is 70.2 Å². The van der Waals surface area contributed by atoms with E-state index in [9.17, 15) is 0 Å². The summed E-state index contributed by atoms with van der Waals surface area (Å²) in [5.41, 5.74) is 7.47. The molecule has 0 saturated carbocycles. The van der Waals surface area contributed by atoms with Crippen molar-refractivity contribution in [1.82, 2.24) is 0 Å². The largest absolute Gasteiger partial charge is 0.0733 e. The number of hydrogen-bond donors (Lipinski definition) is 0. The minimum atomic E-state index is 0.591. The van der Waals surface area contributed by atoms with Gasteiger partial charge in [-0.25, -0.2) is 0 Å². The second-order valence-corrected chi connectivity index (χ2v) is 6.74. The standard InChI is InChI=1S/C20H24/c1-13(2)17-11-19(14(3)4)20(12-17)18-9-15-7-5-6-8-16(15)10-18/h5-9,11-14,19H,10H2,1-4H3. The maximum Gasteiger partial charge on any atom is 0.00498 e. The van der Waals surface area contributed by atoms with Gasteiger partial charge in [0, 0.05) is 5.92 Å². The van der Waals surface area contributed by atoms with Crippen molar-refractivity contribution in [3.05, 3.63) is 64.3 Å². The number of allylic oxidation sites excluding steroid dienone is 5. The molecule has 1 atom stereocenters. The first kappa shape index (κ1) is 13.4. The average molecular weight is 264 g/mol. The lowest BCUT2D eigenvalue weighted by Crippen LogP contribution is -2.08. The third kappa shape index (κ3) is 2.28. The molecule has 0 spiro atoms. The molecular formula is C20H24. The molecule has 104 valence electrons. The monoisotopic (exact) mass is 264 g/mol. The molecule has 0 nitrogen and oxygen atoms in total. The molecule has 0 heterocycles. The predicted octanol–water partition coefficient (Wildman–Crippen LogP) is 5.42. The maximum absolute atomic E-state index is 2.49. The van der Waals surface area contributed by atoms with Crippen LogP contribution in [0.5, 0.6) is 0 Å². The molecule has 1 aromatic rings. The summed E-state index contributed by atoms with van der Waals surface area (Å²) in [6, 6.07) is 8.78. The van der Waals surface area contributed by atoms with Gasteiger partial charge in [0.1, 0.15) is 0 Å². The second kappa shape index (κ2) is 5.09. The van der Waals surface area contributed by atoms with E-state index < -0.39 is 0 Å². The summed E-state index contributed by atoms with van der Waals surface area (Å²) in [7, 11) is 0. The molecule has 0 radical (unpaired) electrons. The van der Waals surface area contributed by atoms with Crippen LogP contribution in [0, 0.1) is 17.8 Å². The normalized spacial score (nSPS) is 21.1. The molecule has 0 amide bonds. The number of fused-ring (bicyclic) bond motifs is 1. The van der Waals surface area contributed by atoms with Gasteiger partial charge in [0.25, 0.3) is 0 Å². The van der Waals surface area contributed by atoms with Crippen molar-refractivity contribution in [3.8, 4) is 0 Å². The fourth-order valence-electron chi connectivity index (χ4n) is 3.30. The van der Waals surface area contributed by atoms with Crippen LogP contribution < -0.4 is 0 Å². The summed E-state index contributed by atoms with van der Waals surface area (Å²) in [5.74, 6) is 1.88. The van der Waals surface area contributed by atoms with Gasteiger partial charge in [0.05, 0.1) is 0 Å². The molecule has 20 heavy (non-hydrogen) atoms. The van der Waals surface area contributed by atoms with Crippen LogP contribution in [0.25, 0.3) is 6.08 Å². The number of benzene rings is 1. The highest BCUT2D eigenvalue weighted by molar-refractivity contribution is 5.70. The molecule has 0 bridgehead atoms. The van der Waals surface area contributed by atoms with E-state index in [1.165, 1.54) is 22.3 Å². The molecule has 2 aliphatic rings. The van der Waals surface area contributed by atoms with Crippen LogP contribution in [0.15, 0.2) is 53.1 Å². The Morgan fingerprint density at radius 2 is 1.75 bits per heavy atom. The molecule has 1 unspecified atom stereocenters. The predicted molar refractivity (Wildman–Crippen MR) is 87.5 cm³/mol. The fraction of sp³-hybridized carbons (Fsp3) is 0.400. The van der Waals surface area contributed by atoms with E-state index in [1.807, 2.05) is 0 Å². The van der Waals surface area contributed by atoms with Crippen molar-refractivity contribution in [2.75, 3.05) is 0 Å². The van der Waals surface area contributed by atoms with Crippen molar-refractivity contribution < 1.29 is 0 Å². The molecule has 0 aliphatic heterocycles. The zero-order chi connectivity index (χ0) is 14.3. The van der Waals surface area contributed by atoms with E-state index >= 15 is 0 Å². The molecule has 3 rings (SSSR count). The van der Waals surface area contributed by atoms with Crippen LogP contribution >= 0.6 is 0 Å². The molecule has 0 fully saturated rings. The SMILES string of the molecule is CC(C)C1=CC(C(C)C)C(C2=Cc3ccccc3C2)=C1. The van der Waals surface area contributed by atoms with Crippen LogP contribution in [0.3, 0.4) is 0 Å². The second-order valence-electron chi connectivity index (χ2n) is 6.74. The molecule has 0 saturated heterocycles.